The highest BCUT2D eigenvalue weighted by Crippen LogP contribution is 2.13. The first-order valence-corrected chi connectivity index (χ1v) is 6.91. The Bertz CT molecular complexity index is 365. The molecule has 2 amide bonds. The molecule has 122 valence electrons. The second kappa shape index (κ2) is 7.56. The van der Waals surface area contributed by atoms with Crippen LogP contribution in [0.15, 0.2) is 0 Å². The van der Waals surface area contributed by atoms with Gasteiger partial charge >= 0.3 is 6.09 Å². The van der Waals surface area contributed by atoms with E-state index in [0.29, 0.717) is 32.7 Å². The van der Waals surface area contributed by atoms with Crippen LogP contribution in [0, 0.1) is 0 Å². The number of nitrogens with zero attached hydrogens (tertiary/aromatic N) is 2. The minimum Gasteiger partial charge on any atom is -0.465 e. The molecule has 1 rings (SSSR count). The maximum Gasteiger partial charge on any atom is 0.405 e. The van der Waals surface area contributed by atoms with Crippen LogP contribution >= 0.6 is 0 Å². The van der Waals surface area contributed by atoms with Gasteiger partial charge in [0.15, 0.2) is 0 Å². The van der Waals surface area contributed by atoms with E-state index in [4.69, 9.17) is 9.84 Å². The average molecular weight is 305 g/mol. The van der Waals surface area contributed by atoms with Crippen molar-refractivity contribution in [2.45, 2.75) is 25.6 Å². The van der Waals surface area contributed by atoms with Crippen molar-refractivity contribution in [3.63, 3.8) is 0 Å². The van der Waals surface area contributed by atoms with Crippen molar-refractivity contribution in [1.29, 1.82) is 0 Å². The van der Waals surface area contributed by atoms with Crippen molar-refractivity contribution in [1.82, 2.24) is 15.1 Å². The van der Waals surface area contributed by atoms with Gasteiger partial charge in [0.1, 0.15) is 11.7 Å². The van der Waals surface area contributed by atoms with Crippen LogP contribution in [0.3, 0.4) is 0 Å². The number of hydrogen-bond acceptors (Lipinski definition) is 4. The van der Waals surface area contributed by atoms with E-state index in [9.17, 15) is 14.0 Å². The fraction of sp³-hybridized carbons (Fsp3) is 0.846. The summed E-state index contributed by atoms with van der Waals surface area (Å²) >= 11 is 0. The largest absolute Gasteiger partial charge is 0.465 e. The topological polar surface area (TPSA) is 82.1 Å². The summed E-state index contributed by atoms with van der Waals surface area (Å²) < 4.78 is 18.5. The maximum absolute atomic E-state index is 13.6. The number of carbonyl (C=O) groups excluding carboxylic acids is 1. The number of hydrogen-bond donors (Lipinski definition) is 2. The van der Waals surface area contributed by atoms with E-state index in [1.165, 1.54) is 21.0 Å². The SMILES string of the molecule is COCC(NC(=O)O)C(=O)N1CCN(CC(C)(C)F)CC1. The Labute approximate surface area is 124 Å². The lowest BCUT2D eigenvalue weighted by atomic mass is 10.1. The number of amides is 2. The van der Waals surface area contributed by atoms with Gasteiger partial charge in [0, 0.05) is 39.8 Å². The van der Waals surface area contributed by atoms with E-state index >= 15 is 0 Å². The van der Waals surface area contributed by atoms with E-state index in [1.807, 2.05) is 4.90 Å². The van der Waals surface area contributed by atoms with Crippen LogP contribution in [0.25, 0.3) is 0 Å². The van der Waals surface area contributed by atoms with Crippen molar-refractivity contribution in [2.75, 3.05) is 46.4 Å². The third kappa shape index (κ3) is 6.26. The second-order valence-electron chi connectivity index (χ2n) is 5.78. The van der Waals surface area contributed by atoms with Crippen molar-refractivity contribution >= 4 is 12.0 Å². The van der Waals surface area contributed by atoms with Crippen LogP contribution in [0.2, 0.25) is 0 Å². The normalized spacial score (nSPS) is 18.4. The van der Waals surface area contributed by atoms with Crippen molar-refractivity contribution in [2.24, 2.45) is 0 Å². The number of rotatable bonds is 6. The van der Waals surface area contributed by atoms with Crippen LogP contribution in [-0.2, 0) is 9.53 Å². The molecule has 0 aliphatic carbocycles. The third-order valence-corrected chi connectivity index (χ3v) is 3.21. The van der Waals surface area contributed by atoms with Crippen molar-refractivity contribution in [3.05, 3.63) is 0 Å². The van der Waals surface area contributed by atoms with Crippen LogP contribution in [0.5, 0.6) is 0 Å². The number of piperazine rings is 1. The molecule has 0 aromatic carbocycles. The summed E-state index contributed by atoms with van der Waals surface area (Å²) in [6.45, 7) is 5.42. The van der Waals surface area contributed by atoms with Crippen molar-refractivity contribution < 1.29 is 23.8 Å². The number of ether oxygens (including phenoxy) is 1. The van der Waals surface area contributed by atoms with Gasteiger partial charge in [-0.1, -0.05) is 0 Å². The highest BCUT2D eigenvalue weighted by molar-refractivity contribution is 5.85. The first-order valence-electron chi connectivity index (χ1n) is 6.91. The van der Waals surface area contributed by atoms with E-state index in [1.54, 1.807) is 4.90 Å². The number of halogens is 1. The van der Waals surface area contributed by atoms with Gasteiger partial charge in [-0.2, -0.15) is 0 Å². The third-order valence-electron chi connectivity index (χ3n) is 3.21. The van der Waals surface area contributed by atoms with Gasteiger partial charge in [-0.05, 0) is 13.8 Å². The molecule has 1 aliphatic heterocycles. The standard InChI is InChI=1S/C13H24FN3O4/c1-13(2,14)9-16-4-6-17(7-5-16)11(18)10(8-21-3)15-12(19)20/h10,15H,4-9H2,1-3H3,(H,19,20). The van der Waals surface area contributed by atoms with Crippen LogP contribution in [0.1, 0.15) is 13.8 Å². The predicted molar refractivity (Wildman–Crippen MR) is 75.0 cm³/mol. The van der Waals surface area contributed by atoms with Gasteiger partial charge in [0.05, 0.1) is 6.61 Å². The lowest BCUT2D eigenvalue weighted by Crippen LogP contribution is -2.57. The van der Waals surface area contributed by atoms with Crippen molar-refractivity contribution in [3.8, 4) is 0 Å². The summed E-state index contributed by atoms with van der Waals surface area (Å²) in [5.41, 5.74) is -1.27. The lowest BCUT2D eigenvalue weighted by molar-refractivity contribution is -0.136. The Hall–Kier alpha value is -1.41. The van der Waals surface area contributed by atoms with E-state index in [2.05, 4.69) is 5.32 Å². The second-order valence-corrected chi connectivity index (χ2v) is 5.78. The number of alkyl halides is 1. The molecule has 0 aromatic rings. The van der Waals surface area contributed by atoms with Gasteiger partial charge in [0.2, 0.25) is 5.91 Å². The van der Waals surface area contributed by atoms with E-state index < -0.39 is 17.8 Å². The summed E-state index contributed by atoms with van der Waals surface area (Å²) in [7, 11) is 1.41. The zero-order valence-corrected chi connectivity index (χ0v) is 12.8. The average Bonchev–Trinajstić information content (AvgIpc) is 2.36. The summed E-state index contributed by atoms with van der Waals surface area (Å²) in [4.78, 5) is 26.5. The van der Waals surface area contributed by atoms with Gasteiger partial charge in [0.25, 0.3) is 0 Å². The molecule has 7 nitrogen and oxygen atoms in total. The summed E-state index contributed by atoms with van der Waals surface area (Å²) in [5, 5.41) is 10.9. The van der Waals surface area contributed by atoms with Crippen LogP contribution in [-0.4, -0.2) is 85.1 Å². The first kappa shape index (κ1) is 17.6. The molecular weight excluding hydrogens is 281 g/mol. The summed E-state index contributed by atoms with van der Waals surface area (Å²) in [6.07, 6.45) is -1.26. The molecule has 1 fully saturated rings. The van der Waals surface area contributed by atoms with E-state index in [-0.39, 0.29) is 12.5 Å². The molecule has 0 bridgehead atoms. The monoisotopic (exact) mass is 305 g/mol. The Morgan fingerprint density at radius 3 is 2.33 bits per heavy atom. The number of carboxylic acid groups (broad SMARTS) is 1. The van der Waals surface area contributed by atoms with Crippen LogP contribution < -0.4 is 5.32 Å². The lowest BCUT2D eigenvalue weighted by Gasteiger charge is -2.37. The highest BCUT2D eigenvalue weighted by Gasteiger charge is 2.30. The minimum absolute atomic E-state index is 0.0111. The molecule has 1 heterocycles. The number of methoxy groups -OCH3 is 1. The molecular formula is C13H24FN3O4. The molecule has 0 spiro atoms. The number of nitrogens with one attached hydrogen (secondary N) is 1. The molecule has 1 unspecified atom stereocenters. The molecule has 21 heavy (non-hydrogen) atoms. The van der Waals surface area contributed by atoms with E-state index in [0.717, 1.165) is 0 Å². The number of carbonyl (C=O) groups is 2. The van der Waals surface area contributed by atoms with Gasteiger partial charge in [-0.25, -0.2) is 9.18 Å². The zero-order valence-electron chi connectivity index (χ0n) is 12.8. The Morgan fingerprint density at radius 2 is 1.90 bits per heavy atom. The molecule has 0 radical (unpaired) electrons. The molecule has 1 saturated heterocycles. The summed E-state index contributed by atoms with van der Waals surface area (Å²) in [6, 6.07) is -0.906. The zero-order chi connectivity index (χ0) is 16.0. The first-order chi connectivity index (χ1) is 9.73. The molecule has 8 heteroatoms. The molecule has 1 atom stereocenters. The minimum atomic E-state index is -1.27. The highest BCUT2D eigenvalue weighted by atomic mass is 19.1. The smallest absolute Gasteiger partial charge is 0.405 e. The predicted octanol–water partition coefficient (Wildman–Crippen LogP) is 0.161. The Kier molecular flexibility index (Phi) is 6.35. The Balaban J connectivity index is 2.51. The van der Waals surface area contributed by atoms with Gasteiger partial charge < -0.3 is 20.1 Å². The molecule has 0 saturated carbocycles. The summed E-state index contributed by atoms with van der Waals surface area (Å²) in [5.74, 6) is -0.307. The quantitative estimate of drug-likeness (QED) is 0.730. The fourth-order valence-corrected chi connectivity index (χ4v) is 2.37. The maximum atomic E-state index is 13.6. The fourth-order valence-electron chi connectivity index (χ4n) is 2.37. The molecule has 2 N–H and O–H groups in total. The molecule has 1 aliphatic rings. The van der Waals surface area contributed by atoms with Crippen LogP contribution in [0.4, 0.5) is 9.18 Å². The van der Waals surface area contributed by atoms with Gasteiger partial charge in [-0.15, -0.1) is 0 Å². The van der Waals surface area contributed by atoms with Gasteiger partial charge in [-0.3, -0.25) is 9.69 Å². The Morgan fingerprint density at radius 1 is 1.33 bits per heavy atom. The molecule has 0 aromatic heterocycles.